The molecule has 0 atom stereocenters. The lowest BCUT2D eigenvalue weighted by molar-refractivity contribution is -0.115. The van der Waals surface area contributed by atoms with E-state index in [9.17, 15) is 13.6 Å². The number of halogens is 3. The van der Waals surface area contributed by atoms with Crippen LogP contribution in [0.2, 0.25) is 0 Å². The number of aryl methyl sites for hydroxylation is 1. The molecule has 0 bridgehead atoms. The molecule has 4 heteroatoms. The van der Waals surface area contributed by atoms with Gasteiger partial charge in [0.25, 0.3) is 6.43 Å². The Morgan fingerprint density at radius 3 is 2.50 bits per heavy atom. The van der Waals surface area contributed by atoms with E-state index in [1.807, 2.05) is 6.92 Å². The Bertz CT molecular complexity index is 377. The van der Waals surface area contributed by atoms with E-state index in [-0.39, 0.29) is 23.1 Å². The first-order chi connectivity index (χ1) is 7.60. The molecule has 0 aromatic heterocycles. The van der Waals surface area contributed by atoms with Gasteiger partial charge < -0.3 is 0 Å². The van der Waals surface area contributed by atoms with Crippen LogP contribution >= 0.6 is 15.9 Å². The van der Waals surface area contributed by atoms with Crippen LogP contribution in [0.4, 0.5) is 8.78 Å². The minimum absolute atomic E-state index is 0.0271. The predicted molar refractivity (Wildman–Crippen MR) is 63.3 cm³/mol. The molecule has 0 fully saturated rings. The van der Waals surface area contributed by atoms with Crippen LogP contribution in [0.25, 0.3) is 0 Å². The monoisotopic (exact) mass is 290 g/mol. The molecule has 16 heavy (non-hydrogen) atoms. The molecule has 0 aliphatic rings. The third kappa shape index (κ3) is 3.11. The number of rotatable bonds is 5. The largest absolute Gasteiger partial charge is 0.298 e. The lowest BCUT2D eigenvalue weighted by atomic mass is 9.96. The van der Waals surface area contributed by atoms with E-state index in [0.717, 1.165) is 0 Å². The summed E-state index contributed by atoms with van der Waals surface area (Å²) >= 11 is 3.03. The van der Waals surface area contributed by atoms with E-state index < -0.39 is 6.43 Å². The van der Waals surface area contributed by atoms with Crippen LogP contribution in [0.1, 0.15) is 30.0 Å². The van der Waals surface area contributed by atoms with Gasteiger partial charge in [-0.3, -0.25) is 4.79 Å². The molecule has 1 aromatic rings. The van der Waals surface area contributed by atoms with Crippen molar-refractivity contribution in [2.75, 3.05) is 5.33 Å². The summed E-state index contributed by atoms with van der Waals surface area (Å²) in [6, 6.07) is 5.01. The van der Waals surface area contributed by atoms with Gasteiger partial charge in [-0.05, 0) is 17.5 Å². The number of alkyl halides is 3. The highest BCUT2D eigenvalue weighted by atomic mass is 79.9. The fourth-order valence-corrected chi connectivity index (χ4v) is 1.87. The van der Waals surface area contributed by atoms with Gasteiger partial charge in [0.2, 0.25) is 0 Å². The molecule has 0 saturated carbocycles. The molecule has 88 valence electrons. The van der Waals surface area contributed by atoms with Gasteiger partial charge in [-0.15, -0.1) is 0 Å². The van der Waals surface area contributed by atoms with E-state index in [1.165, 1.54) is 0 Å². The lowest BCUT2D eigenvalue weighted by Crippen LogP contribution is -2.08. The highest BCUT2D eigenvalue weighted by molar-refractivity contribution is 9.09. The summed E-state index contributed by atoms with van der Waals surface area (Å²) in [6.07, 6.45) is -1.90. The molecule has 0 radical (unpaired) electrons. The first kappa shape index (κ1) is 13.3. The molecule has 0 spiro atoms. The van der Waals surface area contributed by atoms with Gasteiger partial charge in [0.15, 0.2) is 0 Å². The van der Waals surface area contributed by atoms with Crippen molar-refractivity contribution >= 4 is 21.7 Å². The predicted octanol–water partition coefficient (Wildman–Crippen LogP) is 3.69. The fourth-order valence-electron chi connectivity index (χ4n) is 1.67. The molecule has 0 aliphatic carbocycles. The first-order valence-corrected chi connectivity index (χ1v) is 6.18. The summed E-state index contributed by atoms with van der Waals surface area (Å²) in [7, 11) is 0. The number of carbonyl (C=O) groups is 1. The topological polar surface area (TPSA) is 17.1 Å². The second kappa shape index (κ2) is 6.09. The zero-order valence-electron chi connectivity index (χ0n) is 8.97. The van der Waals surface area contributed by atoms with Gasteiger partial charge in [-0.25, -0.2) is 8.78 Å². The van der Waals surface area contributed by atoms with Crippen LogP contribution in [0.3, 0.4) is 0 Å². The first-order valence-electron chi connectivity index (χ1n) is 5.06. The summed E-state index contributed by atoms with van der Waals surface area (Å²) in [5, 5.41) is 0.200. The molecule has 0 amide bonds. The smallest absolute Gasteiger partial charge is 0.264 e. The fraction of sp³-hybridized carbons (Fsp3) is 0.417. The molecule has 0 aliphatic heterocycles. The van der Waals surface area contributed by atoms with Crippen LogP contribution in [0, 0.1) is 0 Å². The van der Waals surface area contributed by atoms with Gasteiger partial charge in [0.05, 0.1) is 5.33 Å². The number of hydrogen-bond acceptors (Lipinski definition) is 1. The zero-order valence-corrected chi connectivity index (χ0v) is 10.6. The second-order valence-electron chi connectivity index (χ2n) is 3.49. The van der Waals surface area contributed by atoms with E-state index in [2.05, 4.69) is 15.9 Å². The van der Waals surface area contributed by atoms with Gasteiger partial charge in [-0.2, -0.15) is 0 Å². The zero-order chi connectivity index (χ0) is 12.1. The number of ketones is 1. The van der Waals surface area contributed by atoms with E-state index in [4.69, 9.17) is 0 Å². The van der Waals surface area contributed by atoms with E-state index in [0.29, 0.717) is 17.5 Å². The third-order valence-electron chi connectivity index (χ3n) is 2.42. The highest BCUT2D eigenvalue weighted by Crippen LogP contribution is 2.27. The van der Waals surface area contributed by atoms with Gasteiger partial charge >= 0.3 is 0 Å². The molecule has 1 nitrogen and oxygen atoms in total. The SMILES string of the molecule is CCc1cccc(CC(=O)CBr)c1C(F)F. The van der Waals surface area contributed by atoms with Crippen molar-refractivity contribution in [3.05, 3.63) is 34.9 Å². The van der Waals surface area contributed by atoms with E-state index in [1.54, 1.807) is 18.2 Å². The van der Waals surface area contributed by atoms with Crippen molar-refractivity contribution in [3.63, 3.8) is 0 Å². The summed E-state index contributed by atoms with van der Waals surface area (Å²) in [4.78, 5) is 11.3. The minimum atomic E-state index is -2.52. The van der Waals surface area contributed by atoms with Gasteiger partial charge in [0.1, 0.15) is 5.78 Å². The Kier molecular flexibility index (Phi) is 5.06. The van der Waals surface area contributed by atoms with Crippen LogP contribution < -0.4 is 0 Å². The number of Topliss-reactive ketones (excluding diaryl/α,β-unsaturated/α-hetero) is 1. The summed E-state index contributed by atoms with van der Waals surface area (Å²) in [5.74, 6) is -0.0878. The second-order valence-corrected chi connectivity index (χ2v) is 4.05. The lowest BCUT2D eigenvalue weighted by Gasteiger charge is -2.12. The molecule has 0 N–H and O–H groups in total. The quantitative estimate of drug-likeness (QED) is 0.756. The van der Waals surface area contributed by atoms with Crippen LogP contribution in [-0.4, -0.2) is 11.1 Å². The van der Waals surface area contributed by atoms with Gasteiger partial charge in [-0.1, -0.05) is 41.1 Å². The van der Waals surface area contributed by atoms with Crippen LogP contribution in [-0.2, 0) is 17.6 Å². The van der Waals surface area contributed by atoms with Crippen molar-refractivity contribution < 1.29 is 13.6 Å². The van der Waals surface area contributed by atoms with Crippen LogP contribution in [0.15, 0.2) is 18.2 Å². The summed E-state index contributed by atoms with van der Waals surface area (Å²) < 4.78 is 25.8. The van der Waals surface area contributed by atoms with E-state index >= 15 is 0 Å². The normalized spacial score (nSPS) is 10.8. The average molecular weight is 291 g/mol. The minimum Gasteiger partial charge on any atom is -0.298 e. The maximum absolute atomic E-state index is 12.9. The van der Waals surface area contributed by atoms with Crippen LogP contribution in [0.5, 0.6) is 0 Å². The van der Waals surface area contributed by atoms with Crippen molar-refractivity contribution in [2.45, 2.75) is 26.2 Å². The maximum atomic E-state index is 12.9. The summed E-state index contributed by atoms with van der Waals surface area (Å²) in [6.45, 7) is 1.83. The molecule has 0 saturated heterocycles. The van der Waals surface area contributed by atoms with Crippen molar-refractivity contribution in [1.29, 1.82) is 0 Å². The Balaban J connectivity index is 3.11. The van der Waals surface area contributed by atoms with Crippen molar-refractivity contribution in [1.82, 2.24) is 0 Å². The molecule has 0 unspecified atom stereocenters. The Hall–Kier alpha value is -0.770. The standard InChI is InChI=1S/C12H13BrF2O/c1-2-8-4-3-5-9(6-10(16)7-13)11(8)12(14)15/h3-5,12H,2,6-7H2,1H3. The molecular weight excluding hydrogens is 278 g/mol. The molecule has 1 rings (SSSR count). The van der Waals surface area contributed by atoms with Gasteiger partial charge in [0, 0.05) is 12.0 Å². The highest BCUT2D eigenvalue weighted by Gasteiger charge is 2.17. The Morgan fingerprint density at radius 2 is 2.00 bits per heavy atom. The third-order valence-corrected chi connectivity index (χ3v) is 3.05. The Labute approximate surface area is 102 Å². The molecule has 0 heterocycles. The molecule has 1 aromatic carbocycles. The number of benzene rings is 1. The number of carbonyl (C=O) groups excluding carboxylic acids is 1. The van der Waals surface area contributed by atoms with Crippen molar-refractivity contribution in [3.8, 4) is 0 Å². The number of hydrogen-bond donors (Lipinski definition) is 0. The summed E-state index contributed by atoms with van der Waals surface area (Å²) in [5.41, 5.74) is 1.09. The maximum Gasteiger partial charge on any atom is 0.264 e. The average Bonchev–Trinajstić information content (AvgIpc) is 2.28. The molecular formula is C12H13BrF2O. The van der Waals surface area contributed by atoms with Crippen molar-refractivity contribution in [2.24, 2.45) is 0 Å². The Morgan fingerprint density at radius 1 is 1.38 bits per heavy atom.